The summed E-state index contributed by atoms with van der Waals surface area (Å²) in [6.45, 7) is 6.07. The summed E-state index contributed by atoms with van der Waals surface area (Å²) in [5.74, 6) is 1.37. The van der Waals surface area contributed by atoms with Crippen LogP contribution in [-0.2, 0) is 16.1 Å². The van der Waals surface area contributed by atoms with E-state index in [4.69, 9.17) is 5.10 Å². The monoisotopic (exact) mass is 395 g/mol. The molecule has 154 valence electrons. The fourth-order valence-corrected chi connectivity index (χ4v) is 4.56. The number of rotatable bonds is 4. The average Bonchev–Trinajstić information content (AvgIpc) is 3.26. The van der Waals surface area contributed by atoms with E-state index in [0.29, 0.717) is 26.3 Å². The molecule has 3 aliphatic heterocycles. The molecule has 3 fully saturated rings. The van der Waals surface area contributed by atoms with Crippen LogP contribution in [0.5, 0.6) is 0 Å². The molecule has 0 radical (unpaired) electrons. The lowest BCUT2D eigenvalue weighted by Gasteiger charge is -2.40. The summed E-state index contributed by atoms with van der Waals surface area (Å²) < 4.78 is 0. The van der Waals surface area contributed by atoms with Gasteiger partial charge in [-0.15, -0.1) is 0 Å². The van der Waals surface area contributed by atoms with Crippen molar-refractivity contribution >= 4 is 17.6 Å². The number of nitrogens with zero attached hydrogens (tertiary/aromatic N) is 5. The van der Waals surface area contributed by atoms with E-state index in [2.05, 4.69) is 36.1 Å². The van der Waals surface area contributed by atoms with E-state index in [1.165, 1.54) is 11.1 Å². The first kappa shape index (κ1) is 18.5. The molecule has 0 aromatic heterocycles. The van der Waals surface area contributed by atoms with Gasteiger partial charge in [-0.3, -0.25) is 14.6 Å². The van der Waals surface area contributed by atoms with Crippen molar-refractivity contribution in [1.29, 1.82) is 0 Å². The second-order valence-electron chi connectivity index (χ2n) is 8.82. The number of piperazine rings is 1. The number of hydrogen-bond acceptors (Lipinski definition) is 5. The van der Waals surface area contributed by atoms with Gasteiger partial charge >= 0.3 is 0 Å². The van der Waals surface area contributed by atoms with Crippen molar-refractivity contribution in [3.63, 3.8) is 0 Å². The highest BCUT2D eigenvalue weighted by Gasteiger charge is 2.45. The van der Waals surface area contributed by atoms with Crippen LogP contribution in [0.2, 0.25) is 0 Å². The molecule has 1 unspecified atom stereocenters. The van der Waals surface area contributed by atoms with Crippen molar-refractivity contribution in [3.05, 3.63) is 35.4 Å². The van der Waals surface area contributed by atoms with Gasteiger partial charge in [-0.25, -0.2) is 0 Å². The van der Waals surface area contributed by atoms with E-state index in [-0.39, 0.29) is 23.8 Å². The fourth-order valence-electron chi connectivity index (χ4n) is 4.56. The summed E-state index contributed by atoms with van der Waals surface area (Å²) in [6, 6.07) is 8.17. The number of carbonyl (C=O) groups excluding carboxylic acids is 2. The molecule has 2 saturated heterocycles. The van der Waals surface area contributed by atoms with E-state index in [9.17, 15) is 9.59 Å². The average molecular weight is 396 g/mol. The molecule has 1 aliphatic carbocycles. The van der Waals surface area contributed by atoms with Gasteiger partial charge in [0, 0.05) is 19.0 Å². The Morgan fingerprint density at radius 3 is 2.45 bits per heavy atom. The molecule has 1 aromatic carbocycles. The summed E-state index contributed by atoms with van der Waals surface area (Å²) in [5.41, 5.74) is 2.44. The number of fused-ring (bicyclic) bond motifs is 1. The summed E-state index contributed by atoms with van der Waals surface area (Å²) in [5, 5.41) is 6.83. The van der Waals surface area contributed by atoms with Crippen LogP contribution in [0.4, 0.5) is 0 Å². The fraction of sp³-hybridized carbons (Fsp3) is 0.591. The number of carbonyl (C=O) groups is 2. The second-order valence-corrected chi connectivity index (χ2v) is 8.82. The number of amidine groups is 1. The molecule has 1 saturated carbocycles. The number of hydrazone groups is 1. The molecule has 0 bridgehead atoms. The van der Waals surface area contributed by atoms with Crippen LogP contribution >= 0.6 is 0 Å². The number of amides is 2. The molecule has 0 N–H and O–H groups in total. The zero-order valence-corrected chi connectivity index (χ0v) is 17.1. The standard InChI is InChI=1S/C22H29N5O2/c1-16-4-6-17(7-5-16)12-26-15-27-19(22(29)24-10-2-3-11-24)13-25(14-20(27)23-26)21(28)18-8-9-18/h4-7,18-19H,2-3,8-15H2,1H3. The largest absolute Gasteiger partial charge is 0.341 e. The van der Waals surface area contributed by atoms with Crippen LogP contribution in [0.15, 0.2) is 29.4 Å². The van der Waals surface area contributed by atoms with Crippen molar-refractivity contribution in [2.24, 2.45) is 11.0 Å². The number of likely N-dealkylation sites (tertiary alicyclic amines) is 1. The Labute approximate surface area is 171 Å². The molecule has 7 nitrogen and oxygen atoms in total. The number of hydrogen-bond donors (Lipinski definition) is 0. The van der Waals surface area contributed by atoms with Gasteiger partial charge in [0.25, 0.3) is 0 Å². The Balaban J connectivity index is 1.35. The Morgan fingerprint density at radius 2 is 1.76 bits per heavy atom. The Bertz CT molecular complexity index is 826. The lowest BCUT2D eigenvalue weighted by molar-refractivity contribution is -0.139. The Hall–Kier alpha value is -2.57. The molecule has 5 rings (SSSR count). The van der Waals surface area contributed by atoms with Crippen LogP contribution in [0.1, 0.15) is 36.8 Å². The minimum Gasteiger partial charge on any atom is -0.341 e. The van der Waals surface area contributed by atoms with Crippen molar-refractivity contribution in [3.8, 4) is 0 Å². The van der Waals surface area contributed by atoms with Gasteiger partial charge in [0.05, 0.1) is 19.6 Å². The van der Waals surface area contributed by atoms with Crippen LogP contribution in [-0.4, -0.2) is 76.2 Å². The zero-order valence-electron chi connectivity index (χ0n) is 17.1. The van der Waals surface area contributed by atoms with E-state index in [1.807, 2.05) is 14.8 Å². The first-order valence-corrected chi connectivity index (χ1v) is 10.8. The number of aryl methyl sites for hydroxylation is 1. The van der Waals surface area contributed by atoms with Crippen LogP contribution in [0, 0.1) is 12.8 Å². The third-order valence-corrected chi connectivity index (χ3v) is 6.43. The highest BCUT2D eigenvalue weighted by Crippen LogP contribution is 2.33. The molecule has 4 aliphatic rings. The van der Waals surface area contributed by atoms with Gasteiger partial charge in [-0.05, 0) is 38.2 Å². The molecule has 1 aromatic rings. The minimum absolute atomic E-state index is 0.153. The van der Waals surface area contributed by atoms with Gasteiger partial charge in [0.2, 0.25) is 11.8 Å². The normalized spacial score (nSPS) is 24.0. The van der Waals surface area contributed by atoms with Gasteiger partial charge in [-0.2, -0.15) is 5.10 Å². The van der Waals surface area contributed by atoms with Crippen molar-refractivity contribution in [1.82, 2.24) is 19.7 Å². The zero-order chi connectivity index (χ0) is 20.0. The summed E-state index contributed by atoms with van der Waals surface area (Å²) in [7, 11) is 0. The third-order valence-electron chi connectivity index (χ3n) is 6.43. The van der Waals surface area contributed by atoms with Gasteiger partial charge < -0.3 is 14.7 Å². The maximum absolute atomic E-state index is 13.3. The first-order chi connectivity index (χ1) is 14.1. The highest BCUT2D eigenvalue weighted by atomic mass is 16.2. The van der Waals surface area contributed by atoms with Crippen molar-refractivity contribution in [2.45, 2.75) is 45.2 Å². The minimum atomic E-state index is -0.314. The van der Waals surface area contributed by atoms with Crippen molar-refractivity contribution in [2.75, 3.05) is 32.8 Å². The maximum atomic E-state index is 13.3. The smallest absolute Gasteiger partial charge is 0.247 e. The molecule has 7 heteroatoms. The highest BCUT2D eigenvalue weighted by molar-refractivity contribution is 5.96. The van der Waals surface area contributed by atoms with Gasteiger partial charge in [-0.1, -0.05) is 29.8 Å². The maximum Gasteiger partial charge on any atom is 0.247 e. The molecule has 2 amide bonds. The van der Waals surface area contributed by atoms with Crippen molar-refractivity contribution < 1.29 is 9.59 Å². The lowest BCUT2D eigenvalue weighted by Crippen LogP contribution is -2.62. The first-order valence-electron chi connectivity index (χ1n) is 10.8. The topological polar surface area (TPSA) is 59.5 Å². The molecule has 1 atom stereocenters. The van der Waals surface area contributed by atoms with E-state index in [1.54, 1.807) is 0 Å². The van der Waals surface area contributed by atoms with Crippen LogP contribution in [0.3, 0.4) is 0 Å². The molecular weight excluding hydrogens is 366 g/mol. The van der Waals surface area contributed by atoms with E-state index < -0.39 is 0 Å². The Kier molecular flexibility index (Phi) is 4.68. The van der Waals surface area contributed by atoms with Gasteiger partial charge in [0.15, 0.2) is 0 Å². The number of benzene rings is 1. The second kappa shape index (κ2) is 7.35. The predicted molar refractivity (Wildman–Crippen MR) is 110 cm³/mol. The summed E-state index contributed by atoms with van der Waals surface area (Å²) >= 11 is 0. The predicted octanol–water partition coefficient (Wildman–Crippen LogP) is 1.63. The lowest BCUT2D eigenvalue weighted by atomic mass is 10.1. The summed E-state index contributed by atoms with van der Waals surface area (Å²) in [4.78, 5) is 32.0. The molecule has 0 spiro atoms. The molecule has 3 heterocycles. The third kappa shape index (κ3) is 3.70. The van der Waals surface area contributed by atoms with E-state index in [0.717, 1.165) is 44.6 Å². The Morgan fingerprint density at radius 1 is 1.03 bits per heavy atom. The summed E-state index contributed by atoms with van der Waals surface area (Å²) in [6.07, 6.45) is 4.11. The molecule has 29 heavy (non-hydrogen) atoms. The van der Waals surface area contributed by atoms with Crippen LogP contribution < -0.4 is 0 Å². The SMILES string of the molecule is Cc1ccc(CN2CN3C(=N2)CN(C(=O)C2CC2)CC3C(=O)N2CCCC2)cc1. The molecular formula is C22H29N5O2. The quantitative estimate of drug-likeness (QED) is 0.778. The van der Waals surface area contributed by atoms with Crippen LogP contribution in [0.25, 0.3) is 0 Å². The van der Waals surface area contributed by atoms with Gasteiger partial charge in [0.1, 0.15) is 18.5 Å². The van der Waals surface area contributed by atoms with E-state index >= 15 is 0 Å².